The SMILES string of the molecule is O=C(NS(=O)(=O)c1ccc(Br)cc1)C1CCC(N2CCC(Oc3ccc(Cl)c(Cl)c3)CC2)CC1. The summed E-state index contributed by atoms with van der Waals surface area (Å²) in [6, 6.07) is 12.0. The second-order valence-electron chi connectivity index (χ2n) is 8.86. The van der Waals surface area contributed by atoms with E-state index in [1.807, 2.05) is 6.07 Å². The molecule has 10 heteroatoms. The molecule has 0 unspecified atom stereocenters. The number of piperidine rings is 1. The molecule has 4 rings (SSSR count). The minimum Gasteiger partial charge on any atom is -0.490 e. The number of carbonyl (C=O) groups excluding carboxylic acids is 1. The molecule has 0 spiro atoms. The van der Waals surface area contributed by atoms with E-state index in [-0.39, 0.29) is 16.9 Å². The molecule has 1 aliphatic heterocycles. The van der Waals surface area contributed by atoms with Gasteiger partial charge in [0.05, 0.1) is 14.9 Å². The number of amides is 1. The molecule has 1 amide bonds. The first-order valence-electron chi connectivity index (χ1n) is 11.4. The predicted molar refractivity (Wildman–Crippen MR) is 137 cm³/mol. The van der Waals surface area contributed by atoms with Gasteiger partial charge < -0.3 is 9.64 Å². The van der Waals surface area contributed by atoms with Crippen molar-refractivity contribution in [1.29, 1.82) is 0 Å². The van der Waals surface area contributed by atoms with Crippen LogP contribution in [0.25, 0.3) is 0 Å². The van der Waals surface area contributed by atoms with E-state index in [0.717, 1.165) is 49.0 Å². The molecule has 6 nitrogen and oxygen atoms in total. The second-order valence-corrected chi connectivity index (χ2v) is 12.3. The normalized spacial score (nSPS) is 22.3. The maximum Gasteiger partial charge on any atom is 0.264 e. The Hall–Kier alpha value is -1.32. The number of halogens is 3. The van der Waals surface area contributed by atoms with Gasteiger partial charge in [-0.05, 0) is 74.9 Å². The van der Waals surface area contributed by atoms with Crippen LogP contribution in [0.5, 0.6) is 5.75 Å². The molecule has 34 heavy (non-hydrogen) atoms. The molecule has 0 atom stereocenters. The number of benzene rings is 2. The summed E-state index contributed by atoms with van der Waals surface area (Å²) in [7, 11) is -3.86. The van der Waals surface area contributed by atoms with Crippen LogP contribution in [-0.2, 0) is 14.8 Å². The van der Waals surface area contributed by atoms with Crippen molar-refractivity contribution in [3.05, 3.63) is 57.0 Å². The fraction of sp³-hybridized carbons (Fsp3) is 0.458. The van der Waals surface area contributed by atoms with Crippen molar-refractivity contribution in [2.75, 3.05) is 13.1 Å². The van der Waals surface area contributed by atoms with Gasteiger partial charge in [-0.15, -0.1) is 0 Å². The fourth-order valence-corrected chi connectivity index (χ4v) is 6.29. The maximum atomic E-state index is 12.7. The molecule has 1 heterocycles. The first-order valence-corrected chi connectivity index (χ1v) is 14.4. The van der Waals surface area contributed by atoms with Gasteiger partial charge in [0.1, 0.15) is 11.9 Å². The Morgan fingerprint density at radius 2 is 1.59 bits per heavy atom. The Morgan fingerprint density at radius 3 is 2.21 bits per heavy atom. The Kier molecular flexibility index (Phi) is 8.46. The minimum absolute atomic E-state index is 0.0868. The lowest BCUT2D eigenvalue weighted by Gasteiger charge is -2.40. The van der Waals surface area contributed by atoms with E-state index in [2.05, 4.69) is 25.6 Å². The monoisotopic (exact) mass is 588 g/mol. The van der Waals surface area contributed by atoms with Crippen molar-refractivity contribution in [3.8, 4) is 5.75 Å². The number of rotatable bonds is 6. The van der Waals surface area contributed by atoms with Crippen molar-refractivity contribution in [2.45, 2.75) is 55.6 Å². The van der Waals surface area contributed by atoms with Crippen molar-refractivity contribution < 1.29 is 17.9 Å². The van der Waals surface area contributed by atoms with Gasteiger partial charge in [-0.3, -0.25) is 4.79 Å². The molecule has 2 aromatic rings. The van der Waals surface area contributed by atoms with Crippen LogP contribution in [0, 0.1) is 5.92 Å². The zero-order valence-corrected chi connectivity index (χ0v) is 22.5. The number of likely N-dealkylation sites (tertiary alicyclic amines) is 1. The molecule has 1 aliphatic carbocycles. The first kappa shape index (κ1) is 25.8. The van der Waals surface area contributed by atoms with Crippen LogP contribution in [0.3, 0.4) is 0 Å². The third-order valence-electron chi connectivity index (χ3n) is 6.61. The number of carbonyl (C=O) groups is 1. The van der Waals surface area contributed by atoms with E-state index in [1.165, 1.54) is 12.1 Å². The van der Waals surface area contributed by atoms with Gasteiger partial charge in [0.15, 0.2) is 0 Å². The quantitative estimate of drug-likeness (QED) is 0.470. The third kappa shape index (κ3) is 6.46. The van der Waals surface area contributed by atoms with Crippen LogP contribution in [0.1, 0.15) is 38.5 Å². The summed E-state index contributed by atoms with van der Waals surface area (Å²) < 4.78 is 34.2. The molecular weight excluding hydrogens is 563 g/mol. The second kappa shape index (κ2) is 11.2. The number of hydrogen-bond donors (Lipinski definition) is 1. The predicted octanol–water partition coefficient (Wildman–Crippen LogP) is 5.66. The zero-order chi connectivity index (χ0) is 24.3. The van der Waals surface area contributed by atoms with Gasteiger partial charge in [0.2, 0.25) is 5.91 Å². The summed E-state index contributed by atoms with van der Waals surface area (Å²) in [5.41, 5.74) is 0. The van der Waals surface area contributed by atoms with Crippen molar-refractivity contribution in [1.82, 2.24) is 9.62 Å². The Morgan fingerprint density at radius 1 is 0.941 bits per heavy atom. The summed E-state index contributed by atoms with van der Waals surface area (Å²) in [6.45, 7) is 1.87. The van der Waals surface area contributed by atoms with Crippen molar-refractivity contribution >= 4 is 55.1 Å². The van der Waals surface area contributed by atoms with Crippen LogP contribution in [0.2, 0.25) is 10.0 Å². The highest BCUT2D eigenvalue weighted by Gasteiger charge is 2.33. The summed E-state index contributed by atoms with van der Waals surface area (Å²) >= 11 is 15.3. The van der Waals surface area contributed by atoms with Gasteiger partial charge in [0.25, 0.3) is 10.0 Å². The maximum absolute atomic E-state index is 12.7. The molecule has 2 aromatic carbocycles. The smallest absolute Gasteiger partial charge is 0.264 e. The number of sulfonamides is 1. The van der Waals surface area contributed by atoms with Gasteiger partial charge in [-0.2, -0.15) is 0 Å². The van der Waals surface area contributed by atoms with E-state index < -0.39 is 15.9 Å². The molecule has 0 radical (unpaired) electrons. The van der Waals surface area contributed by atoms with Gasteiger partial charge in [0, 0.05) is 35.6 Å². The molecule has 1 saturated heterocycles. The first-order chi connectivity index (χ1) is 16.2. The van der Waals surface area contributed by atoms with E-state index in [9.17, 15) is 13.2 Å². The lowest BCUT2D eigenvalue weighted by molar-refractivity contribution is -0.124. The zero-order valence-electron chi connectivity index (χ0n) is 18.6. The highest BCUT2D eigenvalue weighted by Crippen LogP contribution is 2.32. The average Bonchev–Trinajstić information content (AvgIpc) is 2.82. The molecule has 0 aromatic heterocycles. The standard InChI is InChI=1S/C24H27BrCl2N2O4S/c25-17-3-8-21(9-4-17)34(31,32)28-24(30)16-1-5-18(6-2-16)29-13-11-19(12-14-29)33-20-7-10-22(26)23(27)15-20/h3-4,7-10,15-16,18-19H,1-2,5-6,11-14H2,(H,28,30). The highest BCUT2D eigenvalue weighted by atomic mass is 79.9. The lowest BCUT2D eigenvalue weighted by atomic mass is 9.84. The fourth-order valence-electron chi connectivity index (χ4n) is 4.69. The summed E-state index contributed by atoms with van der Waals surface area (Å²) in [5, 5.41) is 1.00. The Labute approximate surface area is 219 Å². The van der Waals surface area contributed by atoms with E-state index in [0.29, 0.717) is 28.9 Å². The molecule has 0 bridgehead atoms. The topological polar surface area (TPSA) is 75.7 Å². The molecule has 2 aliphatic rings. The van der Waals surface area contributed by atoms with E-state index in [4.69, 9.17) is 27.9 Å². The molecular formula is C24H27BrCl2N2O4S. The van der Waals surface area contributed by atoms with E-state index >= 15 is 0 Å². The van der Waals surface area contributed by atoms with Crippen LogP contribution >= 0.6 is 39.1 Å². The van der Waals surface area contributed by atoms with Crippen LogP contribution < -0.4 is 9.46 Å². The largest absolute Gasteiger partial charge is 0.490 e. The molecule has 1 saturated carbocycles. The highest BCUT2D eigenvalue weighted by molar-refractivity contribution is 9.10. The van der Waals surface area contributed by atoms with Gasteiger partial charge in [-0.25, -0.2) is 13.1 Å². The number of nitrogens with zero attached hydrogens (tertiary/aromatic N) is 1. The van der Waals surface area contributed by atoms with Gasteiger partial charge >= 0.3 is 0 Å². The van der Waals surface area contributed by atoms with Crippen LogP contribution in [-0.4, -0.2) is 44.5 Å². The van der Waals surface area contributed by atoms with Crippen LogP contribution in [0.15, 0.2) is 51.8 Å². The molecule has 184 valence electrons. The van der Waals surface area contributed by atoms with Gasteiger partial charge in [-0.1, -0.05) is 39.1 Å². The average molecular weight is 590 g/mol. The van der Waals surface area contributed by atoms with Crippen LogP contribution in [0.4, 0.5) is 0 Å². The van der Waals surface area contributed by atoms with E-state index in [1.54, 1.807) is 24.3 Å². The van der Waals surface area contributed by atoms with Crippen molar-refractivity contribution in [3.63, 3.8) is 0 Å². The number of nitrogens with one attached hydrogen (secondary N) is 1. The molecule has 2 fully saturated rings. The minimum atomic E-state index is -3.86. The summed E-state index contributed by atoms with van der Waals surface area (Å²) in [6.07, 6.45) is 5.12. The summed E-state index contributed by atoms with van der Waals surface area (Å²) in [5.74, 6) is 0.0459. The number of hydrogen-bond acceptors (Lipinski definition) is 5. The third-order valence-corrected chi connectivity index (χ3v) is 9.24. The summed E-state index contributed by atoms with van der Waals surface area (Å²) in [4.78, 5) is 15.2. The Bertz CT molecular complexity index is 1110. The molecule has 1 N–H and O–H groups in total. The Balaban J connectivity index is 1.23. The lowest BCUT2D eigenvalue weighted by Crippen LogP contribution is -2.46. The van der Waals surface area contributed by atoms with Crippen molar-refractivity contribution in [2.24, 2.45) is 5.92 Å². The number of ether oxygens (including phenoxy) is 1.